The van der Waals surface area contributed by atoms with Crippen LogP contribution in [0.2, 0.25) is 0 Å². The summed E-state index contributed by atoms with van der Waals surface area (Å²) in [6.07, 6.45) is -4.82. The molecule has 2 aliphatic heterocycles. The monoisotopic (exact) mass is 504 g/mol. The number of ether oxygens (including phenoxy) is 6. The molecule has 1 saturated heterocycles. The van der Waals surface area contributed by atoms with Gasteiger partial charge in [-0.3, -0.25) is 14.4 Å². The standard InChI is InChI=1S/C21H23F3N2O9/c1-9(27)31-7-15-18(33-10(2)28)16(19(34-11(3)29)21(30-4)35-15)20-25-26(8-32-20)12-5-13(22)17(24)14(23)6-12/h5-6,15-16,18-19,21H,7-8H2,1-4H3/t15-,16+,18+,19-,21+/m1/s1. The van der Waals surface area contributed by atoms with Crippen molar-refractivity contribution in [1.82, 2.24) is 0 Å². The maximum Gasteiger partial charge on any atom is 0.303 e. The van der Waals surface area contributed by atoms with Crippen LogP contribution in [0.25, 0.3) is 0 Å². The number of methoxy groups -OCH3 is 1. The molecule has 192 valence electrons. The molecule has 14 heteroatoms. The van der Waals surface area contributed by atoms with Crippen LogP contribution in [0.15, 0.2) is 17.2 Å². The van der Waals surface area contributed by atoms with Crippen LogP contribution in [0, 0.1) is 23.4 Å². The fourth-order valence-electron chi connectivity index (χ4n) is 3.67. The summed E-state index contributed by atoms with van der Waals surface area (Å²) in [6, 6.07) is 1.43. The second kappa shape index (κ2) is 10.9. The van der Waals surface area contributed by atoms with E-state index in [2.05, 4.69) is 5.10 Å². The molecule has 2 aliphatic rings. The molecule has 2 heterocycles. The van der Waals surface area contributed by atoms with E-state index in [0.717, 1.165) is 18.9 Å². The molecule has 0 N–H and O–H groups in total. The summed E-state index contributed by atoms with van der Waals surface area (Å²) in [5, 5.41) is 5.20. The topological polar surface area (TPSA) is 122 Å². The maximum atomic E-state index is 13.7. The van der Waals surface area contributed by atoms with Crippen LogP contribution in [-0.2, 0) is 42.8 Å². The Hall–Kier alpha value is -3.39. The summed E-state index contributed by atoms with van der Waals surface area (Å²) in [6.45, 7) is 2.70. The normalized spacial score (nSPS) is 26.0. The van der Waals surface area contributed by atoms with Gasteiger partial charge >= 0.3 is 17.9 Å². The second-order valence-electron chi connectivity index (χ2n) is 7.59. The lowest BCUT2D eigenvalue weighted by Gasteiger charge is -2.43. The number of nitrogens with zero attached hydrogens (tertiary/aromatic N) is 2. The first-order valence-electron chi connectivity index (χ1n) is 10.3. The number of rotatable bonds is 7. The highest BCUT2D eigenvalue weighted by Gasteiger charge is 2.54. The Kier molecular flexibility index (Phi) is 8.17. The molecule has 0 aliphatic carbocycles. The third-order valence-corrected chi connectivity index (χ3v) is 5.04. The molecule has 5 atom stereocenters. The van der Waals surface area contributed by atoms with Gasteiger partial charge in [0.25, 0.3) is 0 Å². The number of carbonyl (C=O) groups excluding carboxylic acids is 3. The molecule has 0 aromatic heterocycles. The number of hydrazone groups is 1. The van der Waals surface area contributed by atoms with Crippen molar-refractivity contribution in [1.29, 1.82) is 0 Å². The number of hydrogen-bond donors (Lipinski definition) is 0. The zero-order chi connectivity index (χ0) is 25.9. The third-order valence-electron chi connectivity index (χ3n) is 5.04. The van der Waals surface area contributed by atoms with Gasteiger partial charge in [0.05, 0.1) is 5.69 Å². The summed E-state index contributed by atoms with van der Waals surface area (Å²) in [5.74, 6) is -7.95. The van der Waals surface area contributed by atoms with Crippen molar-refractivity contribution >= 4 is 29.5 Å². The van der Waals surface area contributed by atoms with Gasteiger partial charge in [-0.1, -0.05) is 0 Å². The molecular weight excluding hydrogens is 481 g/mol. The lowest BCUT2D eigenvalue weighted by Crippen LogP contribution is -2.60. The Balaban J connectivity index is 2.03. The van der Waals surface area contributed by atoms with Crippen molar-refractivity contribution < 1.29 is 56.0 Å². The Labute approximate surface area is 197 Å². The van der Waals surface area contributed by atoms with Crippen LogP contribution < -0.4 is 5.01 Å². The summed E-state index contributed by atoms with van der Waals surface area (Å²) in [4.78, 5) is 35.1. The lowest BCUT2D eigenvalue weighted by molar-refractivity contribution is -0.281. The second-order valence-corrected chi connectivity index (χ2v) is 7.59. The highest BCUT2D eigenvalue weighted by Crippen LogP contribution is 2.35. The highest BCUT2D eigenvalue weighted by atomic mass is 19.2. The van der Waals surface area contributed by atoms with Crippen LogP contribution in [-0.4, -0.2) is 68.9 Å². The minimum atomic E-state index is -1.65. The molecule has 0 radical (unpaired) electrons. The molecule has 35 heavy (non-hydrogen) atoms. The Morgan fingerprint density at radius 2 is 1.63 bits per heavy atom. The molecule has 0 saturated carbocycles. The first-order valence-corrected chi connectivity index (χ1v) is 10.3. The van der Waals surface area contributed by atoms with Gasteiger partial charge in [0.2, 0.25) is 5.90 Å². The van der Waals surface area contributed by atoms with Crippen LogP contribution in [0.4, 0.5) is 18.9 Å². The maximum absolute atomic E-state index is 13.7. The van der Waals surface area contributed by atoms with Crippen molar-refractivity contribution in [2.24, 2.45) is 11.0 Å². The molecule has 11 nitrogen and oxygen atoms in total. The Morgan fingerprint density at radius 1 is 1.03 bits per heavy atom. The van der Waals surface area contributed by atoms with Gasteiger partial charge in [-0.2, -0.15) is 0 Å². The summed E-state index contributed by atoms with van der Waals surface area (Å²) < 4.78 is 73.3. The van der Waals surface area contributed by atoms with Gasteiger partial charge in [-0.25, -0.2) is 18.2 Å². The molecule has 1 fully saturated rings. The van der Waals surface area contributed by atoms with E-state index in [-0.39, 0.29) is 24.9 Å². The molecule has 3 rings (SSSR count). The Bertz CT molecular complexity index is 999. The van der Waals surface area contributed by atoms with Crippen LogP contribution >= 0.6 is 0 Å². The minimum absolute atomic E-state index is 0.161. The van der Waals surface area contributed by atoms with Gasteiger partial charge in [0.15, 0.2) is 36.6 Å². The van der Waals surface area contributed by atoms with Crippen molar-refractivity contribution in [2.75, 3.05) is 25.5 Å². The first-order chi connectivity index (χ1) is 16.5. The SMILES string of the molecule is CO[C@H]1O[C@H](COC(C)=O)[C@H](OC(C)=O)[C@H](C2=NN(c3cc(F)c(F)c(F)c3)CO2)[C@H]1OC(C)=O. The van der Waals surface area contributed by atoms with E-state index in [9.17, 15) is 27.6 Å². The van der Waals surface area contributed by atoms with Gasteiger partial charge in [0, 0.05) is 40.0 Å². The first kappa shape index (κ1) is 26.2. The van der Waals surface area contributed by atoms with Crippen molar-refractivity contribution in [3.63, 3.8) is 0 Å². The zero-order valence-corrected chi connectivity index (χ0v) is 19.2. The van der Waals surface area contributed by atoms with Crippen molar-refractivity contribution in [3.05, 3.63) is 29.6 Å². The smallest absolute Gasteiger partial charge is 0.303 e. The van der Waals surface area contributed by atoms with E-state index in [0.29, 0.717) is 12.1 Å². The number of esters is 3. The molecule has 0 spiro atoms. The van der Waals surface area contributed by atoms with Crippen LogP contribution in [0.3, 0.4) is 0 Å². The molecule has 0 unspecified atom stereocenters. The average Bonchev–Trinajstić information content (AvgIpc) is 3.25. The van der Waals surface area contributed by atoms with Gasteiger partial charge in [-0.05, 0) is 0 Å². The van der Waals surface area contributed by atoms with E-state index < -0.39 is 65.9 Å². The van der Waals surface area contributed by atoms with E-state index in [4.69, 9.17) is 28.4 Å². The predicted molar refractivity (Wildman–Crippen MR) is 109 cm³/mol. The van der Waals surface area contributed by atoms with Gasteiger partial charge in [-0.15, -0.1) is 5.10 Å². The number of halogens is 3. The number of benzene rings is 1. The van der Waals surface area contributed by atoms with Gasteiger partial charge < -0.3 is 28.4 Å². The Morgan fingerprint density at radius 3 is 2.17 bits per heavy atom. The largest absolute Gasteiger partial charge is 0.463 e. The van der Waals surface area contributed by atoms with Crippen molar-refractivity contribution in [2.45, 2.75) is 45.4 Å². The molecule has 0 amide bonds. The summed E-state index contributed by atoms with van der Waals surface area (Å²) >= 11 is 0. The number of hydrogen-bond acceptors (Lipinski definition) is 11. The molecule has 1 aromatic rings. The quantitative estimate of drug-likeness (QED) is 0.308. The number of anilines is 1. The molecule has 0 bridgehead atoms. The van der Waals surface area contributed by atoms with Crippen LogP contribution in [0.1, 0.15) is 20.8 Å². The van der Waals surface area contributed by atoms with Crippen molar-refractivity contribution in [3.8, 4) is 0 Å². The van der Waals surface area contributed by atoms with E-state index in [1.54, 1.807) is 0 Å². The molecular formula is C21H23F3N2O9. The van der Waals surface area contributed by atoms with E-state index >= 15 is 0 Å². The summed E-state index contributed by atoms with van der Waals surface area (Å²) in [5.41, 5.74) is -0.170. The van der Waals surface area contributed by atoms with E-state index in [1.807, 2.05) is 0 Å². The van der Waals surface area contributed by atoms with Crippen LogP contribution in [0.5, 0.6) is 0 Å². The summed E-state index contributed by atoms with van der Waals surface area (Å²) in [7, 11) is 1.26. The predicted octanol–water partition coefficient (Wildman–Crippen LogP) is 1.63. The lowest BCUT2D eigenvalue weighted by atomic mass is 9.88. The average molecular weight is 504 g/mol. The van der Waals surface area contributed by atoms with E-state index in [1.165, 1.54) is 14.0 Å². The minimum Gasteiger partial charge on any atom is -0.463 e. The van der Waals surface area contributed by atoms with Gasteiger partial charge in [0.1, 0.15) is 24.7 Å². The number of carbonyl (C=O) groups is 3. The fraction of sp³-hybridized carbons (Fsp3) is 0.524. The highest BCUT2D eigenvalue weighted by molar-refractivity contribution is 5.84. The molecule has 1 aromatic carbocycles. The third kappa shape index (κ3) is 6.00. The fourth-order valence-corrected chi connectivity index (χ4v) is 3.67. The zero-order valence-electron chi connectivity index (χ0n) is 19.2.